The fraction of sp³-hybridized carbons (Fsp3) is 0.917. The molecule has 0 radical (unpaired) electrons. The summed E-state index contributed by atoms with van der Waals surface area (Å²) in [5.41, 5.74) is 0. The van der Waals surface area contributed by atoms with Crippen molar-refractivity contribution in [2.24, 2.45) is 0 Å². The highest BCUT2D eigenvalue weighted by atomic mass is 32.1. The van der Waals surface area contributed by atoms with Crippen LogP contribution in [0.5, 0.6) is 0 Å². The number of thiocarbonyl (C=S) groups is 1. The van der Waals surface area contributed by atoms with Crippen molar-refractivity contribution in [3.63, 3.8) is 0 Å². The second kappa shape index (κ2) is 10.6. The predicted molar refractivity (Wildman–Crippen MR) is 84.3 cm³/mol. The maximum absolute atomic E-state index is 5.79. The van der Waals surface area contributed by atoms with E-state index in [2.05, 4.69) is 5.32 Å². The molecule has 0 saturated carbocycles. The molecule has 0 aromatic rings. The Morgan fingerprint density at radius 3 is 1.89 bits per heavy atom. The van der Waals surface area contributed by atoms with Gasteiger partial charge in [-0.15, -0.1) is 0 Å². The Bertz CT molecular complexity index is 238. The van der Waals surface area contributed by atoms with Gasteiger partial charge in [0.05, 0.1) is 0 Å². The van der Waals surface area contributed by atoms with Crippen molar-refractivity contribution in [2.45, 2.75) is 33.2 Å². The molecule has 0 atom stereocenters. The van der Waals surface area contributed by atoms with Crippen molar-refractivity contribution in [2.75, 3.05) is 40.5 Å². The zero-order chi connectivity index (χ0) is 14.7. The van der Waals surface area contributed by atoms with E-state index in [1.165, 1.54) is 0 Å². The molecule has 114 valence electrons. The minimum Gasteiger partial charge on any atom is -0.374 e. The zero-order valence-electron chi connectivity index (χ0n) is 12.8. The van der Waals surface area contributed by atoms with Gasteiger partial charge in [-0.2, -0.15) is 0 Å². The second-order valence-corrected chi connectivity index (χ2v) is 7.33. The summed E-state index contributed by atoms with van der Waals surface area (Å²) in [7, 11) is 1.36. The first kappa shape index (κ1) is 18.8. The van der Waals surface area contributed by atoms with Crippen LogP contribution in [0.25, 0.3) is 0 Å². The van der Waals surface area contributed by atoms with Gasteiger partial charge in [0.15, 0.2) is 5.11 Å². The normalized spacial score (nSPS) is 11.4. The minimum atomic E-state index is -2.49. The zero-order valence-corrected chi connectivity index (χ0v) is 14.6. The minimum absolute atomic E-state index is 0.621. The average molecular weight is 309 g/mol. The van der Waals surface area contributed by atoms with Gasteiger partial charge in [-0.1, -0.05) is 0 Å². The molecule has 5 nitrogen and oxygen atoms in total. The first-order chi connectivity index (χ1) is 9.01. The van der Waals surface area contributed by atoms with Crippen LogP contribution in [0.3, 0.4) is 0 Å². The lowest BCUT2D eigenvalue weighted by atomic mass is 10.5. The van der Waals surface area contributed by atoms with Crippen LogP contribution >= 0.6 is 12.2 Å². The van der Waals surface area contributed by atoms with Gasteiger partial charge in [-0.25, -0.2) is 0 Å². The fourth-order valence-electron chi connectivity index (χ4n) is 1.66. The summed E-state index contributed by atoms with van der Waals surface area (Å²) in [4.78, 5) is 1.88. The van der Waals surface area contributed by atoms with Crippen molar-refractivity contribution >= 4 is 26.1 Å². The number of nitrogens with one attached hydrogen (secondary N) is 1. The molecular weight excluding hydrogens is 280 g/mol. The van der Waals surface area contributed by atoms with Gasteiger partial charge in [0, 0.05) is 46.5 Å². The van der Waals surface area contributed by atoms with Gasteiger partial charge in [0.1, 0.15) is 0 Å². The lowest BCUT2D eigenvalue weighted by molar-refractivity contribution is 0.0709. The Kier molecular flexibility index (Phi) is 10.4. The quantitative estimate of drug-likeness (QED) is 0.377. The molecule has 19 heavy (non-hydrogen) atoms. The molecule has 0 aromatic carbocycles. The molecule has 0 rings (SSSR count). The summed E-state index contributed by atoms with van der Waals surface area (Å²) in [6, 6.07) is 0.811. The molecule has 7 heteroatoms. The molecule has 0 aliphatic heterocycles. The molecule has 0 heterocycles. The lowest BCUT2D eigenvalue weighted by Crippen LogP contribution is -2.46. The van der Waals surface area contributed by atoms with E-state index < -0.39 is 8.80 Å². The third kappa shape index (κ3) is 7.83. The van der Waals surface area contributed by atoms with Gasteiger partial charge >= 0.3 is 8.80 Å². The van der Waals surface area contributed by atoms with Crippen LogP contribution in [-0.4, -0.2) is 59.3 Å². The number of nitrogens with zero attached hydrogens (tertiary/aromatic N) is 1. The van der Waals surface area contributed by atoms with E-state index in [0.29, 0.717) is 19.8 Å². The molecule has 0 amide bonds. The third-order valence-corrected chi connectivity index (χ3v) is 6.10. The van der Waals surface area contributed by atoms with E-state index in [1.54, 1.807) is 0 Å². The summed E-state index contributed by atoms with van der Waals surface area (Å²) in [5.74, 6) is 0. The Labute approximate surface area is 124 Å². The van der Waals surface area contributed by atoms with Gasteiger partial charge in [0.25, 0.3) is 0 Å². The smallest absolute Gasteiger partial charge is 0.374 e. The first-order valence-corrected chi connectivity index (χ1v) is 9.22. The van der Waals surface area contributed by atoms with Crippen LogP contribution in [0.2, 0.25) is 6.04 Å². The molecule has 0 bridgehead atoms. The Hall–Kier alpha value is -0.213. The van der Waals surface area contributed by atoms with Gasteiger partial charge < -0.3 is 23.5 Å². The molecule has 0 fully saturated rings. The molecular formula is C12H28N2O3SSi. The molecule has 0 spiro atoms. The third-order valence-electron chi connectivity index (χ3n) is 2.43. The highest BCUT2D eigenvalue weighted by molar-refractivity contribution is 7.80. The van der Waals surface area contributed by atoms with Crippen LogP contribution in [-0.2, 0) is 13.3 Å². The van der Waals surface area contributed by atoms with Crippen LogP contribution in [0, 0.1) is 0 Å². The largest absolute Gasteiger partial charge is 0.500 e. The van der Waals surface area contributed by atoms with E-state index >= 15 is 0 Å². The van der Waals surface area contributed by atoms with Crippen LogP contribution in [0.1, 0.15) is 27.2 Å². The predicted octanol–water partition coefficient (Wildman–Crippen LogP) is 1.86. The van der Waals surface area contributed by atoms with Crippen LogP contribution in [0.15, 0.2) is 0 Å². The van der Waals surface area contributed by atoms with Crippen molar-refractivity contribution in [1.29, 1.82) is 0 Å². The van der Waals surface area contributed by atoms with Crippen molar-refractivity contribution in [3.05, 3.63) is 0 Å². The standard InChI is InChI=1S/C12H28N2O3SSi/c1-6-15-19(16-7-2,17-8-3)11-9-10-13-12(18)14(4)5/h6-11H2,1-5H3,(H,13,18). The maximum Gasteiger partial charge on any atom is 0.500 e. The Morgan fingerprint density at radius 2 is 1.53 bits per heavy atom. The fourth-order valence-corrected chi connectivity index (χ4v) is 4.37. The summed E-state index contributed by atoms with van der Waals surface area (Å²) in [6.07, 6.45) is 0.917. The number of hydrogen-bond donors (Lipinski definition) is 1. The second-order valence-electron chi connectivity index (χ2n) is 4.21. The highest BCUT2D eigenvalue weighted by Crippen LogP contribution is 2.17. The Morgan fingerprint density at radius 1 is 1.05 bits per heavy atom. The van der Waals surface area contributed by atoms with E-state index in [4.69, 9.17) is 25.5 Å². The molecule has 0 aromatic heterocycles. The van der Waals surface area contributed by atoms with Gasteiger partial charge in [-0.3, -0.25) is 0 Å². The molecule has 0 aliphatic rings. The topological polar surface area (TPSA) is 43.0 Å². The first-order valence-electron chi connectivity index (χ1n) is 6.88. The SMILES string of the molecule is CCO[Si](CCCNC(=S)N(C)C)(OCC)OCC. The molecule has 0 unspecified atom stereocenters. The van der Waals surface area contributed by atoms with Crippen LogP contribution < -0.4 is 5.32 Å². The van der Waals surface area contributed by atoms with E-state index in [1.807, 2.05) is 39.8 Å². The van der Waals surface area contributed by atoms with Crippen molar-refractivity contribution < 1.29 is 13.3 Å². The molecule has 0 saturated heterocycles. The number of hydrogen-bond acceptors (Lipinski definition) is 4. The summed E-state index contributed by atoms with van der Waals surface area (Å²) < 4.78 is 17.4. The van der Waals surface area contributed by atoms with E-state index in [-0.39, 0.29) is 0 Å². The summed E-state index contributed by atoms with van der Waals surface area (Å²) in [6.45, 7) is 8.58. The maximum atomic E-state index is 5.79. The monoisotopic (exact) mass is 308 g/mol. The lowest BCUT2D eigenvalue weighted by Gasteiger charge is -2.28. The number of rotatable bonds is 10. The molecule has 1 N–H and O–H groups in total. The summed E-state index contributed by atoms with van der Waals surface area (Å²) in [5, 5.41) is 3.94. The highest BCUT2D eigenvalue weighted by Gasteiger charge is 2.39. The van der Waals surface area contributed by atoms with Gasteiger partial charge in [-0.05, 0) is 39.4 Å². The van der Waals surface area contributed by atoms with E-state index in [0.717, 1.165) is 24.1 Å². The van der Waals surface area contributed by atoms with E-state index in [9.17, 15) is 0 Å². The average Bonchev–Trinajstić information content (AvgIpc) is 2.35. The molecule has 0 aliphatic carbocycles. The van der Waals surface area contributed by atoms with Gasteiger partial charge in [0.2, 0.25) is 0 Å². The van der Waals surface area contributed by atoms with Crippen LogP contribution in [0.4, 0.5) is 0 Å². The summed E-state index contributed by atoms with van der Waals surface area (Å²) >= 11 is 5.17. The Balaban J connectivity index is 4.20. The van der Waals surface area contributed by atoms with Crippen molar-refractivity contribution in [1.82, 2.24) is 10.2 Å². The van der Waals surface area contributed by atoms with Crippen molar-refractivity contribution in [3.8, 4) is 0 Å².